The number of aldehydes is 1. The van der Waals surface area contributed by atoms with Crippen LogP contribution in [0.5, 0.6) is 5.75 Å². The number of carbonyl (C=O) groups excluding carboxylic acids is 2. The molecular weight excluding hydrogens is 457 g/mol. The Kier molecular flexibility index (Phi) is 24.9. The van der Waals surface area contributed by atoms with Crippen molar-refractivity contribution in [3.05, 3.63) is 65.0 Å². The summed E-state index contributed by atoms with van der Waals surface area (Å²) in [5.74, 6) is -0.298. The number of rotatable bonds is 12. The van der Waals surface area contributed by atoms with Crippen LogP contribution in [0, 0.1) is 12.7 Å². The van der Waals surface area contributed by atoms with Gasteiger partial charge in [0.1, 0.15) is 6.29 Å². The lowest BCUT2D eigenvalue weighted by atomic mass is 10.1. The van der Waals surface area contributed by atoms with Gasteiger partial charge in [0.2, 0.25) is 5.91 Å². The van der Waals surface area contributed by atoms with Gasteiger partial charge in [-0.25, -0.2) is 4.39 Å². The van der Waals surface area contributed by atoms with Crippen molar-refractivity contribution >= 4 is 12.2 Å². The molecule has 0 fully saturated rings. The number of unbranched alkanes of at least 4 members (excludes halogenated alkanes) is 1. The van der Waals surface area contributed by atoms with E-state index in [1.165, 1.54) is 23.6 Å². The normalized spacial score (nSPS) is 9.33. The number of hydrogen-bond acceptors (Lipinski definition) is 5. The van der Waals surface area contributed by atoms with Crippen LogP contribution in [0.1, 0.15) is 70.1 Å². The highest BCUT2D eigenvalue weighted by Gasteiger charge is 2.04. The molecule has 0 saturated carbocycles. The largest absolute Gasteiger partial charge is 0.491 e. The van der Waals surface area contributed by atoms with Gasteiger partial charge in [0.25, 0.3) is 0 Å². The summed E-state index contributed by atoms with van der Waals surface area (Å²) in [6.07, 6.45) is 4.60. The molecule has 7 heteroatoms. The Morgan fingerprint density at radius 2 is 1.78 bits per heavy atom. The lowest BCUT2D eigenvalue weighted by molar-refractivity contribution is -0.122. The number of amides is 1. The van der Waals surface area contributed by atoms with E-state index in [2.05, 4.69) is 48.7 Å². The molecule has 1 amide bonds. The van der Waals surface area contributed by atoms with Crippen molar-refractivity contribution in [3.63, 3.8) is 0 Å². The Balaban J connectivity index is 0. The molecule has 204 valence electrons. The molecule has 2 rings (SSSR count). The molecule has 0 aromatic heterocycles. The van der Waals surface area contributed by atoms with E-state index in [-0.39, 0.29) is 24.0 Å². The lowest BCUT2D eigenvalue weighted by Crippen LogP contribution is -2.24. The summed E-state index contributed by atoms with van der Waals surface area (Å²) >= 11 is 0. The Morgan fingerprint density at radius 3 is 2.31 bits per heavy atom. The summed E-state index contributed by atoms with van der Waals surface area (Å²) in [5.41, 5.74) is 8.90. The fourth-order valence-electron chi connectivity index (χ4n) is 2.76. The Hall–Kier alpha value is -2.77. The molecule has 0 heterocycles. The second kappa shape index (κ2) is 25.3. The third kappa shape index (κ3) is 19.5. The fraction of sp³-hybridized carbons (Fsp3) is 0.517. The predicted octanol–water partition coefficient (Wildman–Crippen LogP) is 5.35. The molecule has 0 atom stereocenters. The number of halogens is 1. The van der Waals surface area contributed by atoms with E-state index in [4.69, 9.17) is 10.5 Å². The molecule has 0 aliphatic heterocycles. The first-order valence-electron chi connectivity index (χ1n) is 12.9. The number of nitrogens with one attached hydrogen (secondary N) is 2. The minimum absolute atomic E-state index is 0.0455. The summed E-state index contributed by atoms with van der Waals surface area (Å²) < 4.78 is 18.7. The number of carbonyl (C=O) groups is 2. The van der Waals surface area contributed by atoms with Gasteiger partial charge in [-0.1, -0.05) is 58.0 Å². The van der Waals surface area contributed by atoms with E-state index in [0.717, 1.165) is 18.5 Å². The second-order valence-corrected chi connectivity index (χ2v) is 7.69. The fourth-order valence-corrected chi connectivity index (χ4v) is 2.76. The average Bonchev–Trinajstić information content (AvgIpc) is 2.90. The third-order valence-electron chi connectivity index (χ3n) is 4.66. The van der Waals surface area contributed by atoms with Gasteiger partial charge in [-0.15, -0.1) is 0 Å². The van der Waals surface area contributed by atoms with Gasteiger partial charge < -0.3 is 25.9 Å². The first-order valence-corrected chi connectivity index (χ1v) is 12.9. The van der Waals surface area contributed by atoms with Gasteiger partial charge in [0.05, 0.1) is 13.2 Å². The summed E-state index contributed by atoms with van der Waals surface area (Å²) in [4.78, 5) is 21.2. The number of hydrogen-bond donors (Lipinski definition) is 3. The lowest BCUT2D eigenvalue weighted by Gasteiger charge is -2.07. The van der Waals surface area contributed by atoms with Crippen molar-refractivity contribution in [1.29, 1.82) is 0 Å². The maximum absolute atomic E-state index is 13.4. The quantitative estimate of drug-likeness (QED) is 0.267. The summed E-state index contributed by atoms with van der Waals surface area (Å²) in [7, 11) is 1.96. The minimum atomic E-state index is -0.372. The standard InChI is InChI=1S/C14H18FNO3.C9H13N.C4H11N.C2H6/c1-11-5-6-13(12(15)10-11)19-9-3-2-4-14(18)16-7-8-17;1-2-8-4-3-5-9(6-8)7-10;1-3-4-5-2;1-2/h5-6,8,10H,2-4,7,9H2,1H3,(H,16,18);3-6H,2,7,10H2,1H3;5H,3-4H2,1-2H3;1-2H3. The molecule has 0 aliphatic carbocycles. The Morgan fingerprint density at radius 1 is 1.08 bits per heavy atom. The van der Waals surface area contributed by atoms with Crippen LogP contribution >= 0.6 is 0 Å². The van der Waals surface area contributed by atoms with Crippen LogP contribution in [0.2, 0.25) is 0 Å². The van der Waals surface area contributed by atoms with Gasteiger partial charge in [-0.3, -0.25) is 4.79 Å². The predicted molar refractivity (Wildman–Crippen MR) is 149 cm³/mol. The van der Waals surface area contributed by atoms with Gasteiger partial charge in [-0.2, -0.15) is 0 Å². The van der Waals surface area contributed by atoms with Crippen LogP contribution in [0.4, 0.5) is 4.39 Å². The van der Waals surface area contributed by atoms with Crippen LogP contribution in [0.25, 0.3) is 0 Å². The van der Waals surface area contributed by atoms with Crippen LogP contribution in [-0.2, 0) is 22.6 Å². The second-order valence-electron chi connectivity index (χ2n) is 7.69. The maximum Gasteiger partial charge on any atom is 0.220 e. The Bertz CT molecular complexity index is 795. The van der Waals surface area contributed by atoms with Gasteiger partial charge in [0.15, 0.2) is 11.6 Å². The van der Waals surface area contributed by atoms with E-state index in [0.29, 0.717) is 38.7 Å². The molecule has 4 N–H and O–H groups in total. The van der Waals surface area contributed by atoms with E-state index < -0.39 is 0 Å². The summed E-state index contributed by atoms with van der Waals surface area (Å²) in [6, 6.07) is 13.2. The molecule has 2 aromatic carbocycles. The van der Waals surface area contributed by atoms with Crippen molar-refractivity contribution in [2.45, 2.75) is 73.3 Å². The van der Waals surface area contributed by atoms with E-state index >= 15 is 0 Å². The van der Waals surface area contributed by atoms with Crippen molar-refractivity contribution < 1.29 is 18.7 Å². The topological polar surface area (TPSA) is 93.4 Å². The van der Waals surface area contributed by atoms with Crippen molar-refractivity contribution in [1.82, 2.24) is 10.6 Å². The van der Waals surface area contributed by atoms with E-state index in [9.17, 15) is 14.0 Å². The highest BCUT2D eigenvalue weighted by Crippen LogP contribution is 2.18. The molecular formula is C29H48FN3O3. The van der Waals surface area contributed by atoms with Gasteiger partial charge >= 0.3 is 0 Å². The monoisotopic (exact) mass is 505 g/mol. The van der Waals surface area contributed by atoms with Crippen LogP contribution in [0.15, 0.2) is 42.5 Å². The van der Waals surface area contributed by atoms with E-state index in [1.54, 1.807) is 12.1 Å². The van der Waals surface area contributed by atoms with Crippen molar-refractivity contribution in [3.8, 4) is 5.75 Å². The van der Waals surface area contributed by atoms with Gasteiger partial charge in [-0.05, 0) is 75.0 Å². The molecule has 0 saturated heterocycles. The summed E-state index contributed by atoms with van der Waals surface area (Å²) in [5, 5.41) is 5.47. The molecule has 0 bridgehead atoms. The van der Waals surface area contributed by atoms with Crippen LogP contribution in [0.3, 0.4) is 0 Å². The highest BCUT2D eigenvalue weighted by molar-refractivity contribution is 5.78. The molecule has 0 spiro atoms. The first kappa shape index (κ1) is 35.4. The van der Waals surface area contributed by atoms with Crippen LogP contribution in [-0.4, -0.2) is 38.9 Å². The molecule has 0 aliphatic rings. The highest BCUT2D eigenvalue weighted by atomic mass is 19.1. The zero-order chi connectivity index (χ0) is 27.6. The molecule has 0 unspecified atom stereocenters. The third-order valence-corrected chi connectivity index (χ3v) is 4.66. The SMILES string of the molecule is CC.CCCNC.CCc1cccc(CN)c1.Cc1ccc(OCCCCC(=O)NCC=O)c(F)c1. The van der Waals surface area contributed by atoms with Crippen molar-refractivity contribution in [2.24, 2.45) is 5.73 Å². The first-order chi connectivity index (χ1) is 17.4. The van der Waals surface area contributed by atoms with Crippen LogP contribution < -0.4 is 21.1 Å². The zero-order valence-electron chi connectivity index (χ0n) is 23.2. The molecule has 0 radical (unpaired) electrons. The maximum atomic E-state index is 13.4. The average molecular weight is 506 g/mol. The molecule has 6 nitrogen and oxygen atoms in total. The van der Waals surface area contributed by atoms with Crippen molar-refractivity contribution in [2.75, 3.05) is 26.7 Å². The number of benzene rings is 2. The zero-order valence-corrected chi connectivity index (χ0v) is 23.2. The smallest absolute Gasteiger partial charge is 0.220 e. The number of ether oxygens (including phenoxy) is 1. The minimum Gasteiger partial charge on any atom is -0.491 e. The molecule has 2 aromatic rings. The van der Waals surface area contributed by atoms with Gasteiger partial charge in [0, 0.05) is 13.0 Å². The Labute approximate surface area is 218 Å². The number of aryl methyl sites for hydroxylation is 2. The van der Waals surface area contributed by atoms with E-state index in [1.807, 2.05) is 27.8 Å². The summed E-state index contributed by atoms with van der Waals surface area (Å²) in [6.45, 7) is 12.3. The molecule has 36 heavy (non-hydrogen) atoms. The number of nitrogens with two attached hydrogens (primary N) is 1.